The molecular weight excluding hydrogens is 372 g/mol. The van der Waals surface area contributed by atoms with Gasteiger partial charge >= 0.3 is 12.6 Å². The van der Waals surface area contributed by atoms with E-state index in [9.17, 15) is 13.6 Å². The van der Waals surface area contributed by atoms with Gasteiger partial charge < -0.3 is 14.8 Å². The maximum Gasteiger partial charge on any atom is 0.387 e. The minimum Gasteiger partial charge on any atom is -0.463 e. The van der Waals surface area contributed by atoms with Crippen LogP contribution in [0.15, 0.2) is 29.5 Å². The number of tetrazole rings is 1. The van der Waals surface area contributed by atoms with Crippen molar-refractivity contribution in [2.45, 2.75) is 26.5 Å². The average Bonchev–Trinajstić information content (AvgIpc) is 3.03. The summed E-state index contributed by atoms with van der Waals surface area (Å²) < 4.78 is 36.7. The molecule has 1 aliphatic rings. The number of halogens is 3. The summed E-state index contributed by atoms with van der Waals surface area (Å²) in [7, 11) is 0. The zero-order chi connectivity index (χ0) is 18.8. The molecule has 1 aliphatic heterocycles. The molecule has 8 nitrogen and oxygen atoms in total. The summed E-state index contributed by atoms with van der Waals surface area (Å²) in [5.74, 6) is -0.539. The first-order valence-electron chi connectivity index (χ1n) is 7.59. The van der Waals surface area contributed by atoms with Crippen LogP contribution in [0.1, 0.15) is 25.5 Å². The third-order valence-electron chi connectivity index (χ3n) is 3.69. The zero-order valence-corrected chi connectivity index (χ0v) is 14.5. The monoisotopic (exact) mass is 385 g/mol. The van der Waals surface area contributed by atoms with Crippen molar-refractivity contribution in [2.24, 2.45) is 0 Å². The number of aromatic nitrogens is 4. The first-order chi connectivity index (χ1) is 12.4. The number of alkyl halides is 2. The molecule has 1 N–H and O–H groups in total. The van der Waals surface area contributed by atoms with Crippen LogP contribution in [0.4, 0.5) is 14.7 Å². The number of fused-ring (bicyclic) bond motifs is 1. The Labute approximate surface area is 151 Å². The molecule has 3 rings (SSSR count). The molecule has 0 fully saturated rings. The largest absolute Gasteiger partial charge is 0.463 e. The molecule has 1 atom stereocenters. The molecule has 0 radical (unpaired) electrons. The molecule has 0 bridgehead atoms. The van der Waals surface area contributed by atoms with Crippen LogP contribution in [0.25, 0.3) is 0 Å². The second-order valence-electron chi connectivity index (χ2n) is 5.29. The lowest BCUT2D eigenvalue weighted by molar-refractivity contribution is -0.139. The molecule has 1 unspecified atom stereocenters. The number of ether oxygens (including phenoxy) is 2. The minimum atomic E-state index is -3.05. The normalized spacial score (nSPS) is 16.3. The molecule has 0 aliphatic carbocycles. The highest BCUT2D eigenvalue weighted by Gasteiger charge is 2.37. The SMILES string of the molecule is CCOC(=O)C1=C(C)Nc2nnnn2C1c1cc(Cl)ccc1OC(F)F. The van der Waals surface area contributed by atoms with Crippen molar-refractivity contribution in [3.05, 3.63) is 40.1 Å². The summed E-state index contributed by atoms with van der Waals surface area (Å²) in [6, 6.07) is 3.18. The van der Waals surface area contributed by atoms with Gasteiger partial charge in [-0.25, -0.2) is 4.79 Å². The Kier molecular flexibility index (Phi) is 5.03. The Morgan fingerprint density at radius 1 is 1.46 bits per heavy atom. The molecule has 0 saturated carbocycles. The van der Waals surface area contributed by atoms with Gasteiger partial charge in [0.05, 0.1) is 12.2 Å². The molecule has 1 aromatic carbocycles. The van der Waals surface area contributed by atoms with E-state index in [1.54, 1.807) is 13.8 Å². The van der Waals surface area contributed by atoms with Crippen LogP contribution in [-0.4, -0.2) is 39.4 Å². The third kappa shape index (κ3) is 3.32. The van der Waals surface area contributed by atoms with Crippen molar-refractivity contribution < 1.29 is 23.0 Å². The number of benzene rings is 1. The number of carbonyl (C=O) groups is 1. The Hall–Kier alpha value is -2.75. The zero-order valence-electron chi connectivity index (χ0n) is 13.7. The van der Waals surface area contributed by atoms with E-state index in [1.165, 1.54) is 22.9 Å². The predicted molar refractivity (Wildman–Crippen MR) is 87.0 cm³/mol. The van der Waals surface area contributed by atoms with Crippen molar-refractivity contribution in [1.29, 1.82) is 0 Å². The van der Waals surface area contributed by atoms with E-state index in [0.717, 1.165) is 0 Å². The smallest absolute Gasteiger partial charge is 0.387 e. The van der Waals surface area contributed by atoms with Gasteiger partial charge in [-0.15, -0.1) is 0 Å². The number of nitrogens with one attached hydrogen (secondary N) is 1. The van der Waals surface area contributed by atoms with Gasteiger partial charge in [-0.3, -0.25) is 0 Å². The number of allylic oxidation sites excluding steroid dienone is 1. The standard InChI is InChI=1S/C15H14ClF2N5O3/c1-3-25-13(24)11-7(2)19-15-20-21-22-23(15)12(11)9-6-8(16)4-5-10(9)26-14(17)18/h4-6,12,14H,3H2,1-2H3,(H,19,20,22). The van der Waals surface area contributed by atoms with E-state index >= 15 is 0 Å². The molecule has 2 aromatic rings. The van der Waals surface area contributed by atoms with Crippen LogP contribution < -0.4 is 10.1 Å². The van der Waals surface area contributed by atoms with Crippen LogP contribution in [0.3, 0.4) is 0 Å². The highest BCUT2D eigenvalue weighted by molar-refractivity contribution is 6.30. The van der Waals surface area contributed by atoms with Crippen LogP contribution in [0.2, 0.25) is 5.02 Å². The van der Waals surface area contributed by atoms with Gasteiger partial charge in [0, 0.05) is 16.3 Å². The highest BCUT2D eigenvalue weighted by atomic mass is 35.5. The fourth-order valence-electron chi connectivity index (χ4n) is 2.71. The summed E-state index contributed by atoms with van der Waals surface area (Å²) in [6.45, 7) is 0.379. The number of carbonyl (C=O) groups excluding carboxylic acids is 1. The van der Waals surface area contributed by atoms with E-state index < -0.39 is 18.6 Å². The molecule has 0 amide bonds. The van der Waals surface area contributed by atoms with Gasteiger partial charge in [-0.1, -0.05) is 16.7 Å². The third-order valence-corrected chi connectivity index (χ3v) is 3.93. The lowest BCUT2D eigenvalue weighted by atomic mass is 9.95. The molecular formula is C15H14ClF2N5O3. The maximum atomic E-state index is 12.8. The first-order valence-corrected chi connectivity index (χ1v) is 7.97. The Morgan fingerprint density at radius 3 is 2.92 bits per heavy atom. The summed E-state index contributed by atoms with van der Waals surface area (Å²) >= 11 is 6.05. The summed E-state index contributed by atoms with van der Waals surface area (Å²) in [5.41, 5.74) is 0.794. The number of hydrogen-bond donors (Lipinski definition) is 1. The Balaban J connectivity index is 2.20. The van der Waals surface area contributed by atoms with Gasteiger partial charge in [-0.2, -0.15) is 13.5 Å². The number of nitrogens with zero attached hydrogens (tertiary/aromatic N) is 4. The number of hydrogen-bond acceptors (Lipinski definition) is 7. The lowest BCUT2D eigenvalue weighted by Crippen LogP contribution is -2.30. The van der Waals surface area contributed by atoms with Crippen molar-refractivity contribution in [3.8, 4) is 5.75 Å². The highest BCUT2D eigenvalue weighted by Crippen LogP contribution is 2.40. The van der Waals surface area contributed by atoms with Crippen molar-refractivity contribution >= 4 is 23.5 Å². The van der Waals surface area contributed by atoms with E-state index in [0.29, 0.717) is 5.70 Å². The summed E-state index contributed by atoms with van der Waals surface area (Å²) in [5, 5.41) is 14.4. The van der Waals surface area contributed by atoms with Crippen molar-refractivity contribution in [1.82, 2.24) is 20.2 Å². The van der Waals surface area contributed by atoms with E-state index in [-0.39, 0.29) is 34.5 Å². The topological polar surface area (TPSA) is 91.2 Å². The van der Waals surface area contributed by atoms with Gasteiger partial charge in [0.2, 0.25) is 5.95 Å². The van der Waals surface area contributed by atoms with Gasteiger partial charge in [0.15, 0.2) is 0 Å². The predicted octanol–water partition coefficient (Wildman–Crippen LogP) is 2.78. The van der Waals surface area contributed by atoms with E-state index in [1.807, 2.05) is 0 Å². The van der Waals surface area contributed by atoms with Crippen LogP contribution in [0.5, 0.6) is 5.75 Å². The Morgan fingerprint density at radius 2 is 2.23 bits per heavy atom. The summed E-state index contributed by atoms with van der Waals surface area (Å²) in [6.07, 6.45) is 0. The van der Waals surface area contributed by atoms with Gasteiger partial charge in [-0.05, 0) is 42.5 Å². The van der Waals surface area contributed by atoms with Gasteiger partial charge in [0.1, 0.15) is 11.8 Å². The minimum absolute atomic E-state index is 0.140. The Bertz CT molecular complexity index is 871. The molecule has 11 heteroatoms. The van der Waals surface area contributed by atoms with E-state index in [4.69, 9.17) is 16.3 Å². The van der Waals surface area contributed by atoms with Gasteiger partial charge in [0.25, 0.3) is 0 Å². The fourth-order valence-corrected chi connectivity index (χ4v) is 2.89. The van der Waals surface area contributed by atoms with Crippen molar-refractivity contribution in [3.63, 3.8) is 0 Å². The molecule has 138 valence electrons. The number of rotatable bonds is 5. The molecule has 1 aromatic heterocycles. The second kappa shape index (κ2) is 7.24. The first kappa shape index (κ1) is 18.1. The molecule has 0 saturated heterocycles. The molecule has 0 spiro atoms. The van der Waals surface area contributed by atoms with Crippen LogP contribution in [0, 0.1) is 0 Å². The maximum absolute atomic E-state index is 12.8. The lowest BCUT2D eigenvalue weighted by Gasteiger charge is -2.28. The van der Waals surface area contributed by atoms with Crippen LogP contribution in [-0.2, 0) is 9.53 Å². The van der Waals surface area contributed by atoms with Crippen molar-refractivity contribution in [2.75, 3.05) is 11.9 Å². The quantitative estimate of drug-likeness (QED) is 0.791. The fraction of sp³-hybridized carbons (Fsp3) is 0.333. The number of anilines is 1. The van der Waals surface area contributed by atoms with E-state index in [2.05, 4.69) is 25.6 Å². The average molecular weight is 386 g/mol. The number of esters is 1. The summed E-state index contributed by atoms with van der Waals surface area (Å²) in [4.78, 5) is 12.5. The van der Waals surface area contributed by atoms with Crippen LogP contribution >= 0.6 is 11.6 Å². The second-order valence-corrected chi connectivity index (χ2v) is 5.73. The molecule has 26 heavy (non-hydrogen) atoms. The molecule has 2 heterocycles.